The lowest BCUT2D eigenvalue weighted by Gasteiger charge is -2.25. The van der Waals surface area contributed by atoms with Crippen LogP contribution in [0.5, 0.6) is 0 Å². The highest BCUT2D eigenvalue weighted by Crippen LogP contribution is 2.39. The van der Waals surface area contributed by atoms with Gasteiger partial charge in [0.05, 0.1) is 33.8 Å². The molecular formula is C29H42N4O4S. The third-order valence-electron chi connectivity index (χ3n) is 7.70. The fraction of sp³-hybridized carbons (Fsp3) is 0.586. The average molecular weight is 543 g/mol. The fourth-order valence-corrected chi connectivity index (χ4v) is 5.37. The molecule has 0 spiro atoms. The Kier molecular flexibility index (Phi) is 9.47. The van der Waals surface area contributed by atoms with Gasteiger partial charge in [-0.05, 0) is 89.6 Å². The van der Waals surface area contributed by atoms with Crippen LogP contribution in [-0.2, 0) is 26.9 Å². The standard InChI is InChI=1S/C29H42N4O4S/c1-7-23(34)14-9-8-10-18-32-19-12-15-24-27(32)30-25(29(24,5)6)16-11-17-26-28(3,4)22(2)31-33(26)20-13-21-38(35,36)37/h11-12,15-17,19H,7-10,13-14,18,20-21H2,1-6H3. The molecule has 2 aliphatic heterocycles. The van der Waals surface area contributed by atoms with Crippen LogP contribution in [0.2, 0.25) is 0 Å². The van der Waals surface area contributed by atoms with Crippen LogP contribution in [0.3, 0.4) is 0 Å². The Bertz CT molecular complexity index is 1270. The minimum Gasteiger partial charge on any atom is -0.748 e. The second-order valence-corrected chi connectivity index (χ2v) is 12.7. The number of pyridine rings is 1. The van der Waals surface area contributed by atoms with Gasteiger partial charge in [-0.25, -0.2) is 13.0 Å². The van der Waals surface area contributed by atoms with Gasteiger partial charge in [-0.15, -0.1) is 0 Å². The van der Waals surface area contributed by atoms with E-state index in [0.717, 1.165) is 48.7 Å². The summed E-state index contributed by atoms with van der Waals surface area (Å²) >= 11 is 0. The Morgan fingerprint density at radius 2 is 1.87 bits per heavy atom. The Morgan fingerprint density at radius 1 is 1.13 bits per heavy atom. The molecule has 0 aliphatic carbocycles. The van der Waals surface area contributed by atoms with Gasteiger partial charge in [0.25, 0.3) is 0 Å². The molecule has 3 heterocycles. The number of fused-ring (bicyclic) bond motifs is 1. The number of aryl methyl sites for hydroxylation is 1. The molecule has 0 radical (unpaired) electrons. The number of ketones is 1. The number of Topliss-reactive ketones (excluding diaryl/α,β-unsaturated/α-hetero) is 1. The van der Waals surface area contributed by atoms with Gasteiger partial charge in [0.2, 0.25) is 0 Å². The molecule has 0 N–H and O–H groups in total. The Balaban J connectivity index is 1.74. The van der Waals surface area contributed by atoms with Crippen molar-refractivity contribution in [2.24, 2.45) is 15.5 Å². The van der Waals surface area contributed by atoms with Crippen molar-refractivity contribution in [2.45, 2.75) is 92.0 Å². The number of rotatable bonds is 13. The molecule has 1 aromatic rings. The second-order valence-electron chi connectivity index (χ2n) is 11.2. The highest BCUT2D eigenvalue weighted by molar-refractivity contribution is 7.85. The molecule has 9 heteroatoms. The van der Waals surface area contributed by atoms with Gasteiger partial charge in [-0.2, -0.15) is 5.10 Å². The number of hydrazone groups is 1. The van der Waals surface area contributed by atoms with E-state index in [1.54, 1.807) is 0 Å². The van der Waals surface area contributed by atoms with E-state index in [2.05, 4.69) is 55.7 Å². The highest BCUT2D eigenvalue weighted by Gasteiger charge is 2.42. The second kappa shape index (κ2) is 12.0. The molecule has 0 atom stereocenters. The molecule has 0 fully saturated rings. The smallest absolute Gasteiger partial charge is 0.327 e. The van der Waals surface area contributed by atoms with Crippen molar-refractivity contribution in [3.63, 3.8) is 0 Å². The van der Waals surface area contributed by atoms with E-state index in [0.29, 0.717) is 25.2 Å². The van der Waals surface area contributed by atoms with E-state index < -0.39 is 15.9 Å². The third kappa shape index (κ3) is 7.05. The van der Waals surface area contributed by atoms with E-state index in [9.17, 15) is 17.8 Å². The van der Waals surface area contributed by atoms with Crippen LogP contribution < -0.4 is 4.57 Å². The predicted octanol–water partition coefficient (Wildman–Crippen LogP) is 4.97. The van der Waals surface area contributed by atoms with Gasteiger partial charge in [0.15, 0.2) is 5.71 Å². The number of carbonyl (C=O) groups excluding carboxylic acids is 1. The summed E-state index contributed by atoms with van der Waals surface area (Å²) in [6.45, 7) is 13.6. The van der Waals surface area contributed by atoms with Crippen LogP contribution in [0.15, 0.2) is 52.3 Å². The van der Waals surface area contributed by atoms with Gasteiger partial charge in [0.1, 0.15) is 5.78 Å². The van der Waals surface area contributed by atoms with Crippen LogP contribution in [0.1, 0.15) is 85.6 Å². The molecule has 0 unspecified atom stereocenters. The lowest BCUT2D eigenvalue weighted by atomic mass is 9.82. The Hall–Kier alpha value is -2.65. The van der Waals surface area contributed by atoms with Crippen LogP contribution in [0.25, 0.3) is 0 Å². The maximum absolute atomic E-state index is 11.6. The zero-order valence-corrected chi connectivity index (χ0v) is 24.5. The van der Waals surface area contributed by atoms with Gasteiger partial charge in [-0.3, -0.25) is 9.80 Å². The summed E-state index contributed by atoms with van der Waals surface area (Å²) < 4.78 is 35.3. The van der Waals surface area contributed by atoms with Crippen LogP contribution in [0.4, 0.5) is 5.82 Å². The molecule has 38 heavy (non-hydrogen) atoms. The Morgan fingerprint density at radius 3 is 2.55 bits per heavy atom. The van der Waals surface area contributed by atoms with E-state index in [1.165, 1.54) is 5.56 Å². The summed E-state index contributed by atoms with van der Waals surface area (Å²) in [7, 11) is -4.25. The summed E-state index contributed by atoms with van der Waals surface area (Å²) in [5, 5.41) is 6.43. The summed E-state index contributed by atoms with van der Waals surface area (Å²) in [6, 6.07) is 4.21. The largest absolute Gasteiger partial charge is 0.748 e. The van der Waals surface area contributed by atoms with Crippen molar-refractivity contribution in [3.8, 4) is 0 Å². The number of unbranched alkanes of at least 4 members (excludes halogenated alkanes) is 2. The van der Waals surface area contributed by atoms with Crippen molar-refractivity contribution in [1.29, 1.82) is 0 Å². The minimum atomic E-state index is -4.25. The van der Waals surface area contributed by atoms with Gasteiger partial charge >= 0.3 is 5.82 Å². The van der Waals surface area contributed by atoms with Crippen LogP contribution in [0, 0.1) is 5.41 Å². The summed E-state index contributed by atoms with van der Waals surface area (Å²) in [4.78, 5) is 16.6. The van der Waals surface area contributed by atoms with Crippen LogP contribution in [-0.4, -0.2) is 47.5 Å². The molecule has 0 saturated carbocycles. The average Bonchev–Trinajstić information content (AvgIpc) is 3.21. The van der Waals surface area contributed by atoms with E-state index in [4.69, 9.17) is 4.99 Å². The molecular weight excluding hydrogens is 500 g/mol. The highest BCUT2D eigenvalue weighted by atomic mass is 32.2. The zero-order chi connectivity index (χ0) is 28.1. The summed E-state index contributed by atoms with van der Waals surface area (Å²) in [6.07, 6.45) is 12.6. The number of carbonyl (C=O) groups is 1. The number of hydrogen-bond acceptors (Lipinski definition) is 7. The minimum absolute atomic E-state index is 0.226. The number of allylic oxidation sites excluding steroid dienone is 4. The third-order valence-corrected chi connectivity index (χ3v) is 8.49. The normalized spacial score (nSPS) is 19.2. The fourth-order valence-electron chi connectivity index (χ4n) is 4.89. The van der Waals surface area contributed by atoms with Crippen molar-refractivity contribution in [2.75, 3.05) is 12.3 Å². The van der Waals surface area contributed by atoms with Crippen molar-refractivity contribution >= 4 is 33.1 Å². The summed E-state index contributed by atoms with van der Waals surface area (Å²) in [5.41, 5.74) is 3.50. The summed E-state index contributed by atoms with van der Waals surface area (Å²) in [5.74, 6) is 0.911. The van der Waals surface area contributed by atoms with Crippen molar-refractivity contribution < 1.29 is 22.3 Å². The molecule has 0 amide bonds. The van der Waals surface area contributed by atoms with E-state index in [-0.39, 0.29) is 17.3 Å². The molecule has 2 aliphatic rings. The molecule has 0 aromatic carbocycles. The van der Waals surface area contributed by atoms with E-state index in [1.807, 2.05) is 37.1 Å². The molecule has 0 saturated heterocycles. The maximum Gasteiger partial charge on any atom is 0.327 e. The first-order valence-corrected chi connectivity index (χ1v) is 15.1. The first-order chi connectivity index (χ1) is 17.8. The van der Waals surface area contributed by atoms with Gasteiger partial charge in [-0.1, -0.05) is 13.0 Å². The SMILES string of the molecule is CCC(=O)CCCCC[n+]1cccc2c1N=C(/C=C/C=C1/N(CCCS(=O)(=O)[O-])N=C(C)C1(C)C)C2(C)C. The number of aromatic nitrogens is 1. The molecule has 1 aromatic heterocycles. The molecule has 0 bridgehead atoms. The number of nitrogens with zero attached hydrogens (tertiary/aromatic N) is 4. The number of hydrogen-bond donors (Lipinski definition) is 0. The lowest BCUT2D eigenvalue weighted by Crippen LogP contribution is -2.34. The topological polar surface area (TPSA) is 106 Å². The quantitative estimate of drug-likeness (QED) is 0.199. The number of aliphatic imine (C=N–C) groups is 1. The monoisotopic (exact) mass is 542 g/mol. The molecule has 8 nitrogen and oxygen atoms in total. The molecule has 3 rings (SSSR count). The maximum atomic E-state index is 11.6. The van der Waals surface area contributed by atoms with Gasteiger partial charge < -0.3 is 4.55 Å². The van der Waals surface area contributed by atoms with Crippen molar-refractivity contribution in [3.05, 3.63) is 47.8 Å². The van der Waals surface area contributed by atoms with Crippen LogP contribution >= 0.6 is 0 Å². The lowest BCUT2D eigenvalue weighted by molar-refractivity contribution is -0.684. The molecule has 208 valence electrons. The van der Waals surface area contributed by atoms with E-state index >= 15 is 0 Å². The Labute approximate surface area is 228 Å². The first-order valence-electron chi connectivity index (χ1n) is 13.6. The first kappa shape index (κ1) is 29.9. The predicted molar refractivity (Wildman–Crippen MR) is 151 cm³/mol. The zero-order valence-electron chi connectivity index (χ0n) is 23.7. The van der Waals surface area contributed by atoms with Gasteiger partial charge in [0, 0.05) is 42.0 Å². The van der Waals surface area contributed by atoms with Crippen molar-refractivity contribution in [1.82, 2.24) is 5.01 Å².